The highest BCUT2D eigenvalue weighted by molar-refractivity contribution is 7.19. The van der Waals surface area contributed by atoms with E-state index in [1.807, 2.05) is 42.5 Å². The second kappa shape index (κ2) is 4.91. The van der Waals surface area contributed by atoms with Gasteiger partial charge < -0.3 is 0 Å². The molecule has 0 aliphatic rings. The zero-order chi connectivity index (χ0) is 14.2. The molecule has 7 heteroatoms. The first-order valence-corrected chi connectivity index (χ1v) is 7.40. The molecule has 4 rings (SSSR count). The molecule has 0 radical (unpaired) electrons. The van der Waals surface area contributed by atoms with E-state index >= 15 is 0 Å². The summed E-state index contributed by atoms with van der Waals surface area (Å²) in [6.45, 7) is 0. The largest absolute Gasteiger partial charge is 0.253 e. The molecule has 0 bridgehead atoms. The normalized spacial score (nSPS) is 11.1. The van der Waals surface area contributed by atoms with Gasteiger partial charge in [0.15, 0.2) is 0 Å². The first-order chi connectivity index (χ1) is 10.3. The first kappa shape index (κ1) is 12.4. The van der Waals surface area contributed by atoms with Gasteiger partial charge in [0.05, 0.1) is 0 Å². The predicted octanol–water partition coefficient (Wildman–Crippen LogP) is 3.57. The molecular weight excluding hydrogens is 306 g/mol. The number of nitrogens with zero attached hydrogens (tertiary/aromatic N) is 5. The molecule has 0 aliphatic heterocycles. The van der Waals surface area contributed by atoms with Gasteiger partial charge in [-0.25, -0.2) is 0 Å². The van der Waals surface area contributed by atoms with Crippen molar-refractivity contribution in [2.75, 3.05) is 0 Å². The van der Waals surface area contributed by atoms with Crippen molar-refractivity contribution in [3.8, 4) is 22.1 Å². The average Bonchev–Trinajstić information content (AvgIpc) is 3.09. The van der Waals surface area contributed by atoms with Gasteiger partial charge in [-0.2, -0.15) is 9.61 Å². The Kier molecular flexibility index (Phi) is 2.90. The number of halogens is 1. The van der Waals surface area contributed by atoms with E-state index in [0.29, 0.717) is 10.8 Å². The number of fused-ring (bicyclic) bond motifs is 1. The van der Waals surface area contributed by atoms with Crippen molar-refractivity contribution in [2.45, 2.75) is 0 Å². The van der Waals surface area contributed by atoms with Crippen molar-refractivity contribution in [2.24, 2.45) is 0 Å². The third-order valence-corrected chi connectivity index (χ3v) is 4.18. The molecule has 3 aromatic heterocycles. The summed E-state index contributed by atoms with van der Waals surface area (Å²) in [5.74, 6) is 0.641. The van der Waals surface area contributed by atoms with Gasteiger partial charge in [-0.05, 0) is 24.3 Å². The highest BCUT2D eigenvalue weighted by Crippen LogP contribution is 2.28. The van der Waals surface area contributed by atoms with Crippen LogP contribution in [0.2, 0.25) is 5.02 Å². The van der Waals surface area contributed by atoms with E-state index in [9.17, 15) is 0 Å². The third-order valence-electron chi connectivity index (χ3n) is 2.98. The highest BCUT2D eigenvalue weighted by Gasteiger charge is 2.14. The fourth-order valence-corrected chi connectivity index (χ4v) is 2.95. The van der Waals surface area contributed by atoms with E-state index in [0.717, 1.165) is 21.2 Å². The van der Waals surface area contributed by atoms with E-state index < -0.39 is 0 Å². The molecule has 0 spiro atoms. The standard InChI is InChI=1S/C14H8ClN5S/c15-10-6-4-9(5-7-10)13-19-20-12(17-18-14(20)21-13)11-3-1-2-8-16-11/h1-8H. The van der Waals surface area contributed by atoms with E-state index in [-0.39, 0.29) is 0 Å². The molecule has 5 nitrogen and oxygen atoms in total. The minimum atomic E-state index is 0.641. The summed E-state index contributed by atoms with van der Waals surface area (Å²) >= 11 is 7.39. The van der Waals surface area contributed by atoms with Gasteiger partial charge in [-0.15, -0.1) is 10.2 Å². The molecule has 0 fully saturated rings. The Hall–Kier alpha value is -2.31. The predicted molar refractivity (Wildman–Crippen MR) is 82.3 cm³/mol. The second-order valence-electron chi connectivity index (χ2n) is 4.35. The van der Waals surface area contributed by atoms with Crippen molar-refractivity contribution in [3.63, 3.8) is 0 Å². The van der Waals surface area contributed by atoms with Crippen LogP contribution in [0.1, 0.15) is 0 Å². The quantitative estimate of drug-likeness (QED) is 0.567. The van der Waals surface area contributed by atoms with Crippen molar-refractivity contribution in [1.29, 1.82) is 0 Å². The Morgan fingerprint density at radius 3 is 2.62 bits per heavy atom. The van der Waals surface area contributed by atoms with E-state index in [1.165, 1.54) is 11.3 Å². The van der Waals surface area contributed by atoms with Gasteiger partial charge >= 0.3 is 0 Å². The van der Waals surface area contributed by atoms with Gasteiger partial charge in [-0.1, -0.05) is 41.1 Å². The smallest absolute Gasteiger partial charge is 0.235 e. The van der Waals surface area contributed by atoms with Gasteiger partial charge in [-0.3, -0.25) is 4.98 Å². The van der Waals surface area contributed by atoms with Crippen LogP contribution in [0.4, 0.5) is 0 Å². The highest BCUT2D eigenvalue weighted by atomic mass is 35.5. The summed E-state index contributed by atoms with van der Waals surface area (Å²) < 4.78 is 1.72. The number of aromatic nitrogens is 5. The Morgan fingerprint density at radius 1 is 1.00 bits per heavy atom. The Bertz CT molecular complexity index is 898. The molecule has 4 aromatic rings. The van der Waals surface area contributed by atoms with Crippen LogP contribution in [0.25, 0.3) is 27.1 Å². The second-order valence-corrected chi connectivity index (χ2v) is 5.74. The minimum Gasteiger partial charge on any atom is -0.253 e. The molecule has 0 saturated carbocycles. The van der Waals surface area contributed by atoms with Gasteiger partial charge in [0.2, 0.25) is 10.8 Å². The van der Waals surface area contributed by atoms with Crippen LogP contribution < -0.4 is 0 Å². The first-order valence-electron chi connectivity index (χ1n) is 6.21. The SMILES string of the molecule is Clc1ccc(-c2nn3c(-c4ccccn4)nnc3s2)cc1. The number of benzene rings is 1. The molecule has 1 aromatic carbocycles. The molecule has 0 aliphatic carbocycles. The minimum absolute atomic E-state index is 0.641. The van der Waals surface area contributed by atoms with Crippen LogP contribution in [0.3, 0.4) is 0 Å². The van der Waals surface area contributed by atoms with Crippen LogP contribution >= 0.6 is 22.9 Å². The van der Waals surface area contributed by atoms with Gasteiger partial charge in [0, 0.05) is 16.8 Å². The zero-order valence-corrected chi connectivity index (χ0v) is 12.2. The number of hydrogen-bond donors (Lipinski definition) is 0. The zero-order valence-electron chi connectivity index (χ0n) is 10.6. The fourth-order valence-electron chi connectivity index (χ4n) is 1.98. The number of pyridine rings is 1. The van der Waals surface area contributed by atoms with Gasteiger partial charge in [0.1, 0.15) is 10.7 Å². The fraction of sp³-hybridized carbons (Fsp3) is 0. The van der Waals surface area contributed by atoms with Crippen molar-refractivity contribution >= 4 is 27.9 Å². The molecule has 3 heterocycles. The maximum atomic E-state index is 5.91. The summed E-state index contributed by atoms with van der Waals surface area (Å²) in [5, 5.41) is 14.5. The lowest BCUT2D eigenvalue weighted by Gasteiger charge is -1.96. The van der Waals surface area contributed by atoms with Crippen molar-refractivity contribution in [1.82, 2.24) is 24.8 Å². The molecule has 0 amide bonds. The van der Waals surface area contributed by atoms with E-state index in [2.05, 4.69) is 20.3 Å². The Morgan fingerprint density at radius 2 is 1.86 bits per heavy atom. The third kappa shape index (κ3) is 2.18. The molecule has 21 heavy (non-hydrogen) atoms. The van der Waals surface area contributed by atoms with Crippen molar-refractivity contribution in [3.05, 3.63) is 53.7 Å². The summed E-state index contributed by atoms with van der Waals surface area (Å²) in [7, 11) is 0. The molecule has 102 valence electrons. The van der Waals surface area contributed by atoms with E-state index in [1.54, 1.807) is 10.7 Å². The number of hydrogen-bond acceptors (Lipinski definition) is 5. The maximum absolute atomic E-state index is 5.91. The summed E-state index contributed by atoms with van der Waals surface area (Å²) in [6, 6.07) is 13.2. The Labute approximate surface area is 128 Å². The van der Waals surface area contributed by atoms with Crippen LogP contribution in [-0.4, -0.2) is 24.8 Å². The molecule has 0 saturated heterocycles. The van der Waals surface area contributed by atoms with E-state index in [4.69, 9.17) is 11.6 Å². The van der Waals surface area contributed by atoms with Gasteiger partial charge in [0.25, 0.3) is 0 Å². The lowest BCUT2D eigenvalue weighted by Crippen LogP contribution is -1.92. The Balaban J connectivity index is 1.84. The summed E-state index contributed by atoms with van der Waals surface area (Å²) in [6.07, 6.45) is 1.73. The van der Waals surface area contributed by atoms with Crippen LogP contribution in [0.15, 0.2) is 48.7 Å². The van der Waals surface area contributed by atoms with Crippen LogP contribution in [0.5, 0.6) is 0 Å². The lowest BCUT2D eigenvalue weighted by atomic mass is 10.2. The average molecular weight is 314 g/mol. The van der Waals surface area contributed by atoms with Crippen molar-refractivity contribution < 1.29 is 0 Å². The molecular formula is C14H8ClN5S. The monoisotopic (exact) mass is 313 g/mol. The van der Waals surface area contributed by atoms with Crippen LogP contribution in [0, 0.1) is 0 Å². The molecule has 0 N–H and O–H groups in total. The molecule has 0 unspecified atom stereocenters. The lowest BCUT2D eigenvalue weighted by molar-refractivity contribution is 0.962. The summed E-state index contributed by atoms with van der Waals surface area (Å²) in [4.78, 5) is 5.03. The molecule has 0 atom stereocenters. The summed E-state index contributed by atoms with van der Waals surface area (Å²) in [5.41, 5.74) is 1.75. The number of rotatable bonds is 2. The van der Waals surface area contributed by atoms with Crippen LogP contribution in [-0.2, 0) is 0 Å². The maximum Gasteiger partial charge on any atom is 0.235 e. The topological polar surface area (TPSA) is 56.0 Å².